The predicted octanol–water partition coefficient (Wildman–Crippen LogP) is 3.93. The molecule has 0 spiro atoms. The number of rotatable bonds is 5. The Morgan fingerprint density at radius 2 is 1.78 bits per heavy atom. The fraction of sp³-hybridized carbons (Fsp3) is 0.370. The number of benzene rings is 1. The van der Waals surface area contributed by atoms with E-state index in [1.54, 1.807) is 6.07 Å². The van der Waals surface area contributed by atoms with Crippen LogP contribution in [0.4, 0.5) is 17.6 Å². The third-order valence-electron chi connectivity index (χ3n) is 7.71. The maximum atomic E-state index is 13.9. The Balaban J connectivity index is 1.47. The monoisotopic (exact) mass is 571 g/mol. The number of imidazole rings is 1. The first-order valence-electron chi connectivity index (χ1n) is 13.0. The number of halogens is 4. The van der Waals surface area contributed by atoms with E-state index in [1.165, 1.54) is 32.4 Å². The number of pyridine rings is 1. The molecule has 2 fully saturated rings. The van der Waals surface area contributed by atoms with E-state index in [0.717, 1.165) is 38.1 Å². The second-order valence-corrected chi connectivity index (χ2v) is 10.4. The van der Waals surface area contributed by atoms with Gasteiger partial charge in [0.2, 0.25) is 0 Å². The van der Waals surface area contributed by atoms with Crippen molar-refractivity contribution in [2.75, 3.05) is 33.2 Å². The molecule has 41 heavy (non-hydrogen) atoms. The Morgan fingerprint density at radius 1 is 1.10 bits per heavy atom. The molecule has 214 valence electrons. The van der Waals surface area contributed by atoms with Gasteiger partial charge >= 0.3 is 11.9 Å². The second-order valence-electron chi connectivity index (χ2n) is 10.4. The number of piperidine rings is 1. The lowest BCUT2D eigenvalue weighted by molar-refractivity contribution is -0.137. The Labute approximate surface area is 230 Å². The number of hydrogen-bond acceptors (Lipinski definition) is 7. The van der Waals surface area contributed by atoms with Crippen LogP contribution >= 0.6 is 0 Å². The normalized spacial score (nSPS) is 17.2. The summed E-state index contributed by atoms with van der Waals surface area (Å²) >= 11 is 0. The smallest absolute Gasteiger partial charge is 0.334 e. The SMILES string of the molecule is C=C(F)C(=O)N1CC(n2c(=O)n(-c3ccc(C(F)(F)F)cc3)c3nccc(-c4nc(C5CCN(C)CC5)no4)c32)C1. The molecule has 4 aromatic rings. The highest BCUT2D eigenvalue weighted by atomic mass is 19.4. The standard InChI is InChI=1S/C27H25F4N7O3/c1-15(28)25(39)36-13-19(14-36)37-21-20(24-33-22(34-41-24)16-8-11-35(2)12-9-16)7-10-32-23(21)38(26(37)40)18-5-3-17(4-6-18)27(29,30)31/h3-7,10,16,19H,1,8-9,11-14H2,2H3. The molecule has 2 saturated heterocycles. The third kappa shape index (κ3) is 4.71. The summed E-state index contributed by atoms with van der Waals surface area (Å²) in [5.41, 5.74) is -0.412. The van der Waals surface area contributed by atoms with Crippen LogP contribution in [0.3, 0.4) is 0 Å². The van der Waals surface area contributed by atoms with Crippen molar-refractivity contribution >= 4 is 17.1 Å². The summed E-state index contributed by atoms with van der Waals surface area (Å²) in [7, 11) is 2.05. The average Bonchev–Trinajstić information content (AvgIpc) is 3.51. The van der Waals surface area contributed by atoms with Crippen molar-refractivity contribution in [1.82, 2.24) is 34.1 Å². The first kappa shape index (κ1) is 26.9. The Hall–Kier alpha value is -4.33. The number of fused-ring (bicyclic) bond motifs is 1. The van der Waals surface area contributed by atoms with E-state index in [0.29, 0.717) is 16.9 Å². The van der Waals surface area contributed by atoms with Crippen LogP contribution in [-0.4, -0.2) is 73.2 Å². The number of nitrogens with zero attached hydrogens (tertiary/aromatic N) is 7. The van der Waals surface area contributed by atoms with Crippen molar-refractivity contribution in [3.63, 3.8) is 0 Å². The van der Waals surface area contributed by atoms with E-state index in [9.17, 15) is 27.2 Å². The molecule has 2 aliphatic rings. The summed E-state index contributed by atoms with van der Waals surface area (Å²) in [5.74, 6) is -1.17. The first-order valence-corrected chi connectivity index (χ1v) is 13.0. The molecule has 0 bridgehead atoms. The molecule has 0 aliphatic carbocycles. The zero-order valence-electron chi connectivity index (χ0n) is 21.9. The molecule has 0 atom stereocenters. The van der Waals surface area contributed by atoms with Crippen molar-refractivity contribution < 1.29 is 26.9 Å². The van der Waals surface area contributed by atoms with Crippen molar-refractivity contribution in [2.45, 2.75) is 31.0 Å². The minimum Gasteiger partial charge on any atom is -0.334 e. The van der Waals surface area contributed by atoms with E-state index >= 15 is 0 Å². The van der Waals surface area contributed by atoms with Crippen LogP contribution in [-0.2, 0) is 11.0 Å². The van der Waals surface area contributed by atoms with Gasteiger partial charge in [0.15, 0.2) is 17.3 Å². The molecule has 6 rings (SSSR count). The first-order chi connectivity index (χ1) is 19.5. The van der Waals surface area contributed by atoms with E-state index in [-0.39, 0.29) is 36.2 Å². The average molecular weight is 572 g/mol. The van der Waals surface area contributed by atoms with Crippen molar-refractivity contribution in [1.29, 1.82) is 0 Å². The van der Waals surface area contributed by atoms with Gasteiger partial charge in [-0.1, -0.05) is 11.7 Å². The fourth-order valence-electron chi connectivity index (χ4n) is 5.41. The molecule has 1 aromatic carbocycles. The zero-order chi connectivity index (χ0) is 29.1. The van der Waals surface area contributed by atoms with Gasteiger partial charge in [0, 0.05) is 25.2 Å². The van der Waals surface area contributed by atoms with Crippen LogP contribution in [0.5, 0.6) is 0 Å². The van der Waals surface area contributed by atoms with E-state index < -0.39 is 35.2 Å². The summed E-state index contributed by atoms with van der Waals surface area (Å²) in [4.78, 5) is 38.4. The number of carbonyl (C=O) groups is 1. The summed E-state index contributed by atoms with van der Waals surface area (Å²) in [6, 6.07) is 5.21. The van der Waals surface area contributed by atoms with Gasteiger partial charge in [0.05, 0.1) is 22.9 Å². The van der Waals surface area contributed by atoms with Gasteiger partial charge in [0.1, 0.15) is 5.52 Å². The summed E-state index contributed by atoms with van der Waals surface area (Å²) in [5, 5.41) is 4.20. The van der Waals surface area contributed by atoms with E-state index in [4.69, 9.17) is 4.52 Å². The Bertz CT molecular complexity index is 1690. The maximum Gasteiger partial charge on any atom is 0.416 e. The Kier molecular flexibility index (Phi) is 6.52. The molecule has 0 N–H and O–H groups in total. The van der Waals surface area contributed by atoms with E-state index in [1.807, 2.05) is 7.05 Å². The van der Waals surface area contributed by atoms with Crippen LogP contribution in [0.15, 0.2) is 58.3 Å². The van der Waals surface area contributed by atoms with Crippen LogP contribution in [0, 0.1) is 0 Å². The zero-order valence-corrected chi connectivity index (χ0v) is 21.9. The highest BCUT2D eigenvalue weighted by Crippen LogP contribution is 2.35. The minimum absolute atomic E-state index is 0.0206. The third-order valence-corrected chi connectivity index (χ3v) is 7.71. The molecule has 0 saturated carbocycles. The lowest BCUT2D eigenvalue weighted by Crippen LogP contribution is -2.52. The second kappa shape index (κ2) is 9.94. The molecule has 14 heteroatoms. The fourth-order valence-corrected chi connectivity index (χ4v) is 5.41. The molecule has 5 heterocycles. The number of carbonyl (C=O) groups excluding carboxylic acids is 1. The van der Waals surface area contributed by atoms with Crippen molar-refractivity contribution in [3.8, 4) is 17.1 Å². The Morgan fingerprint density at radius 3 is 2.41 bits per heavy atom. The van der Waals surface area contributed by atoms with Gasteiger partial charge in [-0.25, -0.2) is 18.7 Å². The number of aromatic nitrogens is 5. The molecule has 3 aromatic heterocycles. The summed E-state index contributed by atoms with van der Waals surface area (Å²) in [6.07, 6.45) is -1.37. The minimum atomic E-state index is -4.55. The van der Waals surface area contributed by atoms with Gasteiger partial charge in [-0.05, 0) is 63.3 Å². The lowest BCUT2D eigenvalue weighted by Gasteiger charge is -2.39. The van der Waals surface area contributed by atoms with Crippen LogP contribution in [0.25, 0.3) is 28.3 Å². The highest BCUT2D eigenvalue weighted by molar-refractivity contribution is 5.92. The highest BCUT2D eigenvalue weighted by Gasteiger charge is 2.37. The van der Waals surface area contributed by atoms with Gasteiger partial charge in [-0.2, -0.15) is 18.2 Å². The van der Waals surface area contributed by atoms with Gasteiger partial charge in [-0.15, -0.1) is 0 Å². The molecular formula is C27H25F4N7O3. The molecule has 10 nitrogen and oxygen atoms in total. The molecule has 0 unspecified atom stereocenters. The number of alkyl halides is 3. The quantitative estimate of drug-likeness (QED) is 0.264. The summed E-state index contributed by atoms with van der Waals surface area (Å²) in [6.45, 7) is 4.87. The van der Waals surface area contributed by atoms with E-state index in [2.05, 4.69) is 26.6 Å². The molecule has 2 aliphatic heterocycles. The van der Waals surface area contributed by atoms with Crippen LogP contribution in [0.1, 0.15) is 36.2 Å². The van der Waals surface area contributed by atoms with Crippen molar-refractivity contribution in [3.05, 3.63) is 70.8 Å². The topological polar surface area (TPSA) is 102 Å². The molecule has 1 amide bonds. The number of likely N-dealkylation sites (tertiary alicyclic amines) is 2. The lowest BCUT2D eigenvalue weighted by atomic mass is 9.96. The predicted molar refractivity (Wildman–Crippen MR) is 139 cm³/mol. The van der Waals surface area contributed by atoms with Crippen molar-refractivity contribution in [2.24, 2.45) is 0 Å². The van der Waals surface area contributed by atoms with Gasteiger partial charge in [-0.3, -0.25) is 9.36 Å². The largest absolute Gasteiger partial charge is 0.416 e. The molecular weight excluding hydrogens is 546 g/mol. The number of amides is 1. The van der Waals surface area contributed by atoms with Gasteiger partial charge < -0.3 is 14.3 Å². The van der Waals surface area contributed by atoms with Crippen LogP contribution < -0.4 is 5.69 Å². The summed E-state index contributed by atoms with van der Waals surface area (Å²) < 4.78 is 61.3. The van der Waals surface area contributed by atoms with Crippen LogP contribution in [0.2, 0.25) is 0 Å². The maximum absolute atomic E-state index is 13.9. The van der Waals surface area contributed by atoms with Gasteiger partial charge in [0.25, 0.3) is 11.8 Å². The number of hydrogen-bond donors (Lipinski definition) is 0. The molecule has 0 radical (unpaired) electrons.